The Labute approximate surface area is 142 Å². The third-order valence-electron chi connectivity index (χ3n) is 4.34. The van der Waals surface area contributed by atoms with Crippen LogP contribution in [0, 0.1) is 6.92 Å². The van der Waals surface area contributed by atoms with E-state index in [0.29, 0.717) is 6.54 Å². The molecule has 24 heavy (non-hydrogen) atoms. The summed E-state index contributed by atoms with van der Waals surface area (Å²) in [5, 5.41) is 4.22. The molecule has 124 valence electrons. The first-order valence-electron chi connectivity index (χ1n) is 8.14. The molecule has 0 spiro atoms. The highest BCUT2D eigenvalue weighted by molar-refractivity contribution is 5.84. The van der Waals surface area contributed by atoms with E-state index in [0.717, 1.165) is 5.52 Å². The number of H-pyrrole nitrogens is 1. The molecule has 0 aliphatic carbocycles. The van der Waals surface area contributed by atoms with Crippen molar-refractivity contribution in [2.45, 2.75) is 12.8 Å². The maximum Gasteiger partial charge on any atom is 0.316 e. The minimum atomic E-state index is -0.0769. The number of benzene rings is 2. The number of aromatic nitrogens is 1. The average molecular weight is 321 g/mol. The fourth-order valence-corrected chi connectivity index (χ4v) is 2.94. The number of hydrogen-bond acceptors (Lipinski definition) is 1. The Morgan fingerprint density at radius 2 is 1.83 bits per heavy atom. The van der Waals surface area contributed by atoms with E-state index < -0.39 is 0 Å². The molecule has 2 amide bonds. The van der Waals surface area contributed by atoms with Gasteiger partial charge in [-0.25, -0.2) is 4.79 Å². The molecule has 2 aromatic carbocycles. The van der Waals surface area contributed by atoms with Gasteiger partial charge in [0.25, 0.3) is 0 Å². The van der Waals surface area contributed by atoms with E-state index in [9.17, 15) is 4.79 Å². The first kappa shape index (κ1) is 16.1. The Bertz CT molecular complexity index is 833. The molecule has 4 heteroatoms. The van der Waals surface area contributed by atoms with Crippen LogP contribution in [0.5, 0.6) is 0 Å². The number of hydrogen-bond donors (Lipinski definition) is 2. The van der Waals surface area contributed by atoms with Gasteiger partial charge in [0.05, 0.1) is 0 Å². The summed E-state index contributed by atoms with van der Waals surface area (Å²) in [5.74, 6) is 0.102. The standard InChI is InChI=1S/C20H23N3O/c1-14-8-10-15(11-9-14)17(12-22-20(24)23(2)3)18-13-21-19-7-5-4-6-16(18)19/h4-11,13,17,21H,12H2,1-3H3,(H,22,24). The second-order valence-electron chi connectivity index (χ2n) is 6.33. The van der Waals surface area contributed by atoms with Crippen LogP contribution in [-0.4, -0.2) is 36.6 Å². The van der Waals surface area contributed by atoms with Crippen LogP contribution in [0.4, 0.5) is 4.79 Å². The smallest absolute Gasteiger partial charge is 0.316 e. The summed E-state index contributed by atoms with van der Waals surface area (Å²) in [6.45, 7) is 2.64. The fraction of sp³-hybridized carbons (Fsp3) is 0.250. The van der Waals surface area contributed by atoms with E-state index in [-0.39, 0.29) is 11.9 Å². The van der Waals surface area contributed by atoms with Crippen molar-refractivity contribution in [3.8, 4) is 0 Å². The van der Waals surface area contributed by atoms with E-state index in [2.05, 4.69) is 59.8 Å². The van der Waals surface area contributed by atoms with Crippen molar-refractivity contribution in [1.82, 2.24) is 15.2 Å². The van der Waals surface area contributed by atoms with E-state index >= 15 is 0 Å². The summed E-state index contributed by atoms with van der Waals surface area (Å²) in [5.41, 5.74) is 4.75. The molecule has 2 N–H and O–H groups in total. The molecule has 0 fully saturated rings. The molecule has 3 aromatic rings. The number of carbonyl (C=O) groups excluding carboxylic acids is 1. The Hall–Kier alpha value is -2.75. The van der Waals surface area contributed by atoms with E-state index in [1.165, 1.54) is 22.1 Å². The zero-order valence-corrected chi connectivity index (χ0v) is 14.3. The molecule has 0 bridgehead atoms. The number of carbonyl (C=O) groups is 1. The van der Waals surface area contributed by atoms with Gasteiger partial charge < -0.3 is 15.2 Å². The van der Waals surface area contributed by atoms with Gasteiger partial charge in [-0.05, 0) is 24.1 Å². The molecule has 3 rings (SSSR count). The monoisotopic (exact) mass is 321 g/mol. The zero-order chi connectivity index (χ0) is 17.1. The SMILES string of the molecule is Cc1ccc(C(CNC(=O)N(C)C)c2c[nH]c3ccccc23)cc1. The second-order valence-corrected chi connectivity index (χ2v) is 6.33. The summed E-state index contributed by atoms with van der Waals surface area (Å²) in [6.07, 6.45) is 2.05. The number of rotatable bonds is 4. The molecule has 4 nitrogen and oxygen atoms in total. The number of urea groups is 1. The summed E-state index contributed by atoms with van der Waals surface area (Å²) in [4.78, 5) is 16.9. The van der Waals surface area contributed by atoms with Crippen molar-refractivity contribution in [3.63, 3.8) is 0 Å². The molecule has 0 radical (unpaired) electrons. The first-order valence-corrected chi connectivity index (χ1v) is 8.14. The number of nitrogens with zero attached hydrogens (tertiary/aromatic N) is 1. The van der Waals surface area contributed by atoms with Crippen LogP contribution in [0.15, 0.2) is 54.7 Å². The minimum absolute atomic E-state index is 0.0769. The molecule has 0 aliphatic rings. The predicted octanol–water partition coefficient (Wildman–Crippen LogP) is 3.88. The van der Waals surface area contributed by atoms with E-state index in [1.54, 1.807) is 19.0 Å². The van der Waals surface area contributed by atoms with Gasteiger partial charge in [0.2, 0.25) is 0 Å². The Morgan fingerprint density at radius 3 is 2.54 bits per heavy atom. The van der Waals surface area contributed by atoms with Crippen LogP contribution in [0.25, 0.3) is 10.9 Å². The van der Waals surface area contributed by atoms with Gasteiger partial charge >= 0.3 is 6.03 Å². The van der Waals surface area contributed by atoms with Crippen molar-refractivity contribution < 1.29 is 4.79 Å². The third-order valence-corrected chi connectivity index (χ3v) is 4.34. The number of aryl methyl sites for hydroxylation is 1. The molecule has 1 heterocycles. The zero-order valence-electron chi connectivity index (χ0n) is 14.3. The van der Waals surface area contributed by atoms with Gasteiger partial charge in [-0.1, -0.05) is 48.0 Å². The molecule has 1 aromatic heterocycles. The van der Waals surface area contributed by atoms with Crippen LogP contribution < -0.4 is 5.32 Å². The summed E-state index contributed by atoms with van der Waals surface area (Å²) in [7, 11) is 3.50. The lowest BCUT2D eigenvalue weighted by Gasteiger charge is -2.20. The van der Waals surface area contributed by atoms with Gasteiger partial charge in [-0.2, -0.15) is 0 Å². The third kappa shape index (κ3) is 3.27. The highest BCUT2D eigenvalue weighted by Crippen LogP contribution is 2.30. The van der Waals surface area contributed by atoms with Gasteiger partial charge in [0.1, 0.15) is 0 Å². The predicted molar refractivity (Wildman–Crippen MR) is 98.4 cm³/mol. The van der Waals surface area contributed by atoms with Gasteiger partial charge in [-0.15, -0.1) is 0 Å². The normalized spacial score (nSPS) is 12.1. The molecule has 0 saturated carbocycles. The lowest BCUT2D eigenvalue weighted by Crippen LogP contribution is -2.37. The second kappa shape index (κ2) is 6.79. The van der Waals surface area contributed by atoms with Crippen LogP contribution >= 0.6 is 0 Å². The number of aromatic amines is 1. The maximum absolute atomic E-state index is 12.0. The molecular formula is C20H23N3O. The van der Waals surface area contributed by atoms with Crippen LogP contribution in [-0.2, 0) is 0 Å². The molecule has 1 atom stereocenters. The Morgan fingerprint density at radius 1 is 1.12 bits per heavy atom. The number of fused-ring (bicyclic) bond motifs is 1. The lowest BCUT2D eigenvalue weighted by molar-refractivity contribution is 0.217. The number of nitrogens with one attached hydrogen (secondary N) is 2. The van der Waals surface area contributed by atoms with Crippen LogP contribution in [0.2, 0.25) is 0 Å². The summed E-state index contributed by atoms with van der Waals surface area (Å²) < 4.78 is 0. The van der Waals surface area contributed by atoms with Gasteiger partial charge in [0, 0.05) is 43.7 Å². The maximum atomic E-state index is 12.0. The van der Waals surface area contributed by atoms with Crippen molar-refractivity contribution in [2.75, 3.05) is 20.6 Å². The summed E-state index contributed by atoms with van der Waals surface area (Å²) in [6, 6.07) is 16.7. The average Bonchev–Trinajstić information content (AvgIpc) is 3.00. The molecule has 0 saturated heterocycles. The van der Waals surface area contributed by atoms with E-state index in [1.807, 2.05) is 12.1 Å². The Balaban J connectivity index is 1.98. The topological polar surface area (TPSA) is 48.1 Å². The van der Waals surface area contributed by atoms with Gasteiger partial charge in [0.15, 0.2) is 0 Å². The molecular weight excluding hydrogens is 298 g/mol. The minimum Gasteiger partial charge on any atom is -0.361 e. The molecule has 0 aliphatic heterocycles. The quantitative estimate of drug-likeness (QED) is 0.753. The van der Waals surface area contributed by atoms with Crippen molar-refractivity contribution in [3.05, 3.63) is 71.4 Å². The number of amides is 2. The van der Waals surface area contributed by atoms with Crippen molar-refractivity contribution in [2.24, 2.45) is 0 Å². The number of para-hydroxylation sites is 1. The largest absolute Gasteiger partial charge is 0.361 e. The van der Waals surface area contributed by atoms with Crippen LogP contribution in [0.3, 0.4) is 0 Å². The lowest BCUT2D eigenvalue weighted by atomic mass is 9.90. The van der Waals surface area contributed by atoms with E-state index in [4.69, 9.17) is 0 Å². The van der Waals surface area contributed by atoms with Crippen molar-refractivity contribution in [1.29, 1.82) is 0 Å². The Kier molecular flexibility index (Phi) is 4.56. The first-order chi connectivity index (χ1) is 11.6. The molecule has 1 unspecified atom stereocenters. The van der Waals surface area contributed by atoms with Crippen molar-refractivity contribution >= 4 is 16.9 Å². The van der Waals surface area contributed by atoms with Gasteiger partial charge in [-0.3, -0.25) is 0 Å². The van der Waals surface area contributed by atoms with Crippen LogP contribution in [0.1, 0.15) is 22.6 Å². The highest BCUT2D eigenvalue weighted by Gasteiger charge is 2.19. The highest BCUT2D eigenvalue weighted by atomic mass is 16.2. The summed E-state index contributed by atoms with van der Waals surface area (Å²) >= 11 is 0. The fourth-order valence-electron chi connectivity index (χ4n) is 2.94.